The third-order valence-corrected chi connectivity index (χ3v) is 4.98. The van der Waals surface area contributed by atoms with Crippen molar-refractivity contribution in [2.45, 2.75) is 38.8 Å². The van der Waals surface area contributed by atoms with E-state index in [2.05, 4.69) is 54.8 Å². The molecule has 2 fully saturated rings. The van der Waals surface area contributed by atoms with Crippen LogP contribution in [-0.2, 0) is 0 Å². The molecule has 112 valence electrons. The number of hydrogen-bond acceptors (Lipinski definition) is 4. The van der Waals surface area contributed by atoms with Gasteiger partial charge in [0.1, 0.15) is 0 Å². The zero-order valence-electron chi connectivity index (χ0n) is 13.5. The summed E-state index contributed by atoms with van der Waals surface area (Å²) in [6.07, 6.45) is 0. The molecule has 0 bridgehead atoms. The Bertz CT molecular complexity index is 295. The molecule has 2 aliphatic heterocycles. The first-order valence-electron chi connectivity index (χ1n) is 7.71. The van der Waals surface area contributed by atoms with Crippen LogP contribution >= 0.6 is 0 Å². The van der Waals surface area contributed by atoms with E-state index >= 15 is 0 Å². The smallest absolute Gasteiger partial charge is 0.0281 e. The maximum absolute atomic E-state index is 3.45. The summed E-state index contributed by atoms with van der Waals surface area (Å²) in [7, 11) is 2.25. The van der Waals surface area contributed by atoms with Crippen molar-refractivity contribution < 1.29 is 0 Å². The molecule has 2 heterocycles. The van der Waals surface area contributed by atoms with E-state index in [1.54, 1.807) is 0 Å². The lowest BCUT2D eigenvalue weighted by molar-refractivity contribution is 0.000458. The van der Waals surface area contributed by atoms with Crippen molar-refractivity contribution in [1.82, 2.24) is 20.0 Å². The second-order valence-corrected chi connectivity index (χ2v) is 7.49. The molecule has 0 amide bonds. The molecule has 0 unspecified atom stereocenters. The third kappa shape index (κ3) is 3.69. The highest BCUT2D eigenvalue weighted by Gasteiger charge is 2.35. The van der Waals surface area contributed by atoms with Gasteiger partial charge in [0.2, 0.25) is 0 Å². The Balaban J connectivity index is 1.92. The van der Waals surface area contributed by atoms with Gasteiger partial charge in [-0.3, -0.25) is 14.7 Å². The van der Waals surface area contributed by atoms with Crippen molar-refractivity contribution in [3.63, 3.8) is 0 Å². The molecule has 0 saturated carbocycles. The Labute approximate surface area is 119 Å². The molecule has 1 N–H and O–H groups in total. The molecular weight excluding hydrogens is 236 g/mol. The van der Waals surface area contributed by atoms with E-state index in [9.17, 15) is 0 Å². The lowest BCUT2D eigenvalue weighted by Crippen LogP contribution is -2.63. The average Bonchev–Trinajstić information content (AvgIpc) is 2.34. The van der Waals surface area contributed by atoms with Gasteiger partial charge in [0, 0.05) is 63.4 Å². The van der Waals surface area contributed by atoms with E-state index in [1.807, 2.05) is 0 Å². The first kappa shape index (κ1) is 15.2. The fraction of sp³-hybridized carbons (Fsp3) is 1.00. The number of likely N-dealkylation sites (N-methyl/N-ethyl adjacent to an activating group) is 1. The summed E-state index contributed by atoms with van der Waals surface area (Å²) in [5.41, 5.74) is 0.589. The van der Waals surface area contributed by atoms with Crippen molar-refractivity contribution in [3.8, 4) is 0 Å². The van der Waals surface area contributed by atoms with E-state index in [4.69, 9.17) is 0 Å². The van der Waals surface area contributed by atoms with Gasteiger partial charge in [-0.15, -0.1) is 0 Å². The Hall–Kier alpha value is -0.160. The Kier molecular flexibility index (Phi) is 4.56. The van der Waals surface area contributed by atoms with Gasteiger partial charge >= 0.3 is 0 Å². The van der Waals surface area contributed by atoms with Gasteiger partial charge in [0.05, 0.1) is 0 Å². The summed E-state index contributed by atoms with van der Waals surface area (Å²) in [5, 5.41) is 3.45. The van der Waals surface area contributed by atoms with Crippen molar-refractivity contribution in [3.05, 3.63) is 0 Å². The first-order valence-corrected chi connectivity index (χ1v) is 7.71. The van der Waals surface area contributed by atoms with Crippen LogP contribution in [0.2, 0.25) is 0 Å². The highest BCUT2D eigenvalue weighted by atomic mass is 15.3. The zero-order chi connectivity index (χ0) is 14.1. The van der Waals surface area contributed by atoms with Crippen molar-refractivity contribution in [2.75, 3.05) is 59.4 Å². The first-order chi connectivity index (χ1) is 8.81. The molecule has 2 aliphatic rings. The van der Waals surface area contributed by atoms with Crippen LogP contribution in [0.1, 0.15) is 27.7 Å². The summed E-state index contributed by atoms with van der Waals surface area (Å²) in [6.45, 7) is 18.9. The molecule has 0 aromatic heterocycles. The van der Waals surface area contributed by atoms with Crippen LogP contribution in [0.25, 0.3) is 0 Å². The van der Waals surface area contributed by atoms with Gasteiger partial charge in [-0.2, -0.15) is 0 Å². The highest BCUT2D eigenvalue weighted by Crippen LogP contribution is 2.23. The standard InChI is InChI=1S/C15H32N4/c1-14(2)12-18(11-10-17(14)5)13-15(3,4)19-8-6-16-7-9-19/h16H,6-13H2,1-5H3. The molecule has 0 spiro atoms. The van der Waals surface area contributed by atoms with Crippen LogP contribution in [0.5, 0.6) is 0 Å². The molecule has 2 saturated heterocycles. The summed E-state index contributed by atoms with van der Waals surface area (Å²) in [5.74, 6) is 0. The van der Waals surface area contributed by atoms with Crippen molar-refractivity contribution in [1.29, 1.82) is 0 Å². The summed E-state index contributed by atoms with van der Waals surface area (Å²) in [4.78, 5) is 7.79. The Morgan fingerprint density at radius 2 is 1.68 bits per heavy atom. The van der Waals surface area contributed by atoms with E-state index in [0.717, 1.165) is 13.1 Å². The number of rotatable bonds is 3. The van der Waals surface area contributed by atoms with Crippen LogP contribution in [-0.4, -0.2) is 85.2 Å². The van der Waals surface area contributed by atoms with E-state index in [1.165, 1.54) is 39.3 Å². The van der Waals surface area contributed by atoms with E-state index in [0.29, 0.717) is 5.54 Å². The number of piperazine rings is 2. The van der Waals surface area contributed by atoms with Gasteiger partial charge in [-0.25, -0.2) is 0 Å². The Morgan fingerprint density at radius 1 is 1.05 bits per heavy atom. The predicted molar refractivity (Wildman–Crippen MR) is 81.7 cm³/mol. The van der Waals surface area contributed by atoms with Crippen LogP contribution < -0.4 is 5.32 Å². The molecular formula is C15H32N4. The van der Waals surface area contributed by atoms with Gasteiger partial charge < -0.3 is 5.32 Å². The van der Waals surface area contributed by atoms with E-state index in [-0.39, 0.29) is 5.54 Å². The van der Waals surface area contributed by atoms with E-state index < -0.39 is 0 Å². The van der Waals surface area contributed by atoms with Crippen LogP contribution in [0.3, 0.4) is 0 Å². The quantitative estimate of drug-likeness (QED) is 0.813. The van der Waals surface area contributed by atoms with Crippen LogP contribution in [0.4, 0.5) is 0 Å². The molecule has 4 nitrogen and oxygen atoms in total. The van der Waals surface area contributed by atoms with Gasteiger partial charge in [-0.05, 0) is 34.7 Å². The SMILES string of the molecule is CN1CCN(CC(C)(C)N2CCNCC2)CC1(C)C. The zero-order valence-corrected chi connectivity index (χ0v) is 13.5. The lowest BCUT2D eigenvalue weighted by Gasteiger charge is -2.49. The fourth-order valence-corrected chi connectivity index (χ4v) is 3.39. The normalized spacial score (nSPS) is 27.6. The summed E-state index contributed by atoms with van der Waals surface area (Å²) in [6, 6.07) is 0. The molecule has 4 heteroatoms. The molecule has 19 heavy (non-hydrogen) atoms. The maximum atomic E-state index is 3.45. The predicted octanol–water partition coefficient (Wildman–Crippen LogP) is 0.696. The lowest BCUT2D eigenvalue weighted by atomic mass is 9.95. The second-order valence-electron chi connectivity index (χ2n) is 7.49. The molecule has 0 atom stereocenters. The topological polar surface area (TPSA) is 21.8 Å². The van der Waals surface area contributed by atoms with Crippen molar-refractivity contribution >= 4 is 0 Å². The minimum atomic E-state index is 0.286. The minimum Gasteiger partial charge on any atom is -0.314 e. The molecule has 0 aromatic carbocycles. The number of nitrogens with one attached hydrogen (secondary N) is 1. The molecule has 2 rings (SSSR count). The number of hydrogen-bond donors (Lipinski definition) is 1. The van der Waals surface area contributed by atoms with Gasteiger partial charge in [0.15, 0.2) is 0 Å². The fourth-order valence-electron chi connectivity index (χ4n) is 3.39. The van der Waals surface area contributed by atoms with Gasteiger partial charge in [-0.1, -0.05) is 0 Å². The Morgan fingerprint density at radius 3 is 2.26 bits per heavy atom. The monoisotopic (exact) mass is 268 g/mol. The van der Waals surface area contributed by atoms with Crippen LogP contribution in [0, 0.1) is 0 Å². The minimum absolute atomic E-state index is 0.286. The molecule has 0 radical (unpaired) electrons. The largest absolute Gasteiger partial charge is 0.314 e. The second kappa shape index (κ2) is 5.68. The number of nitrogens with zero attached hydrogens (tertiary/aromatic N) is 3. The third-order valence-electron chi connectivity index (χ3n) is 4.98. The highest BCUT2D eigenvalue weighted by molar-refractivity contribution is 4.93. The van der Waals surface area contributed by atoms with Crippen LogP contribution in [0.15, 0.2) is 0 Å². The maximum Gasteiger partial charge on any atom is 0.0281 e. The van der Waals surface area contributed by atoms with Crippen molar-refractivity contribution in [2.24, 2.45) is 0 Å². The summed E-state index contributed by atoms with van der Waals surface area (Å²) < 4.78 is 0. The average molecular weight is 268 g/mol. The molecule has 0 aliphatic carbocycles. The summed E-state index contributed by atoms with van der Waals surface area (Å²) >= 11 is 0. The van der Waals surface area contributed by atoms with Gasteiger partial charge in [0.25, 0.3) is 0 Å². The molecule has 0 aromatic rings.